The van der Waals surface area contributed by atoms with E-state index in [0.717, 1.165) is 12.1 Å². The molecule has 6 nitrogen and oxygen atoms in total. The molecule has 2 aromatic rings. The van der Waals surface area contributed by atoms with Crippen molar-refractivity contribution in [2.45, 2.75) is 25.4 Å². The number of halogens is 1. The van der Waals surface area contributed by atoms with E-state index < -0.39 is 10.0 Å². The molecule has 0 spiro atoms. The molecular formula is C13H17ClN4O2S. The van der Waals surface area contributed by atoms with Crippen molar-refractivity contribution in [1.29, 1.82) is 0 Å². The molecule has 0 saturated carbocycles. The summed E-state index contributed by atoms with van der Waals surface area (Å²) >= 11 is 6.06. The largest absolute Gasteiger partial charge is 0.313 e. The molecule has 0 fully saturated rings. The fourth-order valence-electron chi connectivity index (χ4n) is 1.82. The first-order valence-electron chi connectivity index (χ1n) is 6.46. The van der Waals surface area contributed by atoms with E-state index in [1.165, 1.54) is 6.20 Å². The maximum atomic E-state index is 12.4. The molecule has 2 rings (SSSR count). The van der Waals surface area contributed by atoms with Crippen molar-refractivity contribution < 1.29 is 8.42 Å². The lowest BCUT2D eigenvalue weighted by atomic mass is 10.2. The van der Waals surface area contributed by atoms with Crippen molar-refractivity contribution in [3.63, 3.8) is 0 Å². The van der Waals surface area contributed by atoms with Gasteiger partial charge in [-0.3, -0.25) is 9.82 Å². The van der Waals surface area contributed by atoms with E-state index in [0.29, 0.717) is 22.8 Å². The lowest BCUT2D eigenvalue weighted by Crippen LogP contribution is -2.18. The molecule has 0 radical (unpaired) electrons. The van der Waals surface area contributed by atoms with Crippen molar-refractivity contribution in [1.82, 2.24) is 15.5 Å². The summed E-state index contributed by atoms with van der Waals surface area (Å²) in [5.74, 6) is 0. The molecule has 0 saturated heterocycles. The quantitative estimate of drug-likeness (QED) is 0.759. The average Bonchev–Trinajstić information content (AvgIpc) is 2.89. The number of aromatic nitrogens is 2. The van der Waals surface area contributed by atoms with Crippen LogP contribution in [0.5, 0.6) is 0 Å². The zero-order chi connectivity index (χ0) is 15.5. The predicted octanol–water partition coefficient (Wildman–Crippen LogP) is 2.28. The summed E-state index contributed by atoms with van der Waals surface area (Å²) in [6.45, 7) is 4.99. The van der Waals surface area contributed by atoms with Gasteiger partial charge in [-0.2, -0.15) is 13.5 Å². The van der Waals surface area contributed by atoms with Gasteiger partial charge in [0.15, 0.2) is 5.03 Å². The Kier molecular flexibility index (Phi) is 4.87. The van der Waals surface area contributed by atoms with Crippen LogP contribution in [0.1, 0.15) is 18.1 Å². The van der Waals surface area contributed by atoms with E-state index in [-0.39, 0.29) is 5.03 Å². The third-order valence-electron chi connectivity index (χ3n) is 2.88. The minimum absolute atomic E-state index is 0.0418. The maximum Gasteiger partial charge on any atom is 0.279 e. The Morgan fingerprint density at radius 2 is 2.14 bits per heavy atom. The summed E-state index contributed by atoms with van der Waals surface area (Å²) in [4.78, 5) is 0. The number of aryl methyl sites for hydroxylation is 1. The number of nitrogens with one attached hydrogen (secondary N) is 3. The molecule has 3 N–H and O–H groups in total. The Hall–Kier alpha value is -1.57. The fraction of sp³-hybridized carbons (Fsp3) is 0.308. The molecule has 114 valence electrons. The van der Waals surface area contributed by atoms with Crippen LogP contribution in [0.15, 0.2) is 29.4 Å². The van der Waals surface area contributed by atoms with Crippen LogP contribution >= 0.6 is 11.6 Å². The van der Waals surface area contributed by atoms with Gasteiger partial charge in [-0.05, 0) is 31.2 Å². The van der Waals surface area contributed by atoms with E-state index in [1.807, 2.05) is 13.8 Å². The zero-order valence-electron chi connectivity index (χ0n) is 11.8. The van der Waals surface area contributed by atoms with Crippen LogP contribution in [0, 0.1) is 6.92 Å². The van der Waals surface area contributed by atoms with Gasteiger partial charge in [0.25, 0.3) is 10.0 Å². The number of H-pyrrole nitrogens is 1. The maximum absolute atomic E-state index is 12.4. The normalized spacial score (nSPS) is 11.6. The number of sulfonamides is 1. The molecule has 1 heterocycles. The molecule has 0 atom stereocenters. The second kappa shape index (κ2) is 6.46. The first-order chi connectivity index (χ1) is 9.94. The standard InChI is InChI=1S/C13H17ClN4O2S/c1-3-15-7-10-8-16-17-13(10)21(19,20)18-12-5-4-9(2)6-11(12)14/h4-6,8,15,18H,3,7H2,1-2H3,(H,16,17). The highest BCUT2D eigenvalue weighted by molar-refractivity contribution is 7.92. The number of benzene rings is 1. The highest BCUT2D eigenvalue weighted by Gasteiger charge is 2.21. The molecule has 21 heavy (non-hydrogen) atoms. The van der Waals surface area contributed by atoms with Gasteiger partial charge in [-0.1, -0.05) is 24.6 Å². The van der Waals surface area contributed by atoms with Crippen LogP contribution in [0.25, 0.3) is 0 Å². The van der Waals surface area contributed by atoms with Crippen molar-refractivity contribution in [2.75, 3.05) is 11.3 Å². The first-order valence-corrected chi connectivity index (χ1v) is 8.32. The molecule has 1 aromatic heterocycles. The second-order valence-corrected chi connectivity index (χ2v) is 6.62. The van der Waals surface area contributed by atoms with E-state index in [9.17, 15) is 8.42 Å². The highest BCUT2D eigenvalue weighted by Crippen LogP contribution is 2.25. The lowest BCUT2D eigenvalue weighted by molar-refractivity contribution is 0.594. The van der Waals surface area contributed by atoms with Gasteiger partial charge in [-0.15, -0.1) is 0 Å². The molecule has 8 heteroatoms. The van der Waals surface area contributed by atoms with Gasteiger partial charge in [0.2, 0.25) is 0 Å². The average molecular weight is 329 g/mol. The number of hydrogen-bond donors (Lipinski definition) is 3. The summed E-state index contributed by atoms with van der Waals surface area (Å²) in [5.41, 5.74) is 1.87. The Labute approximate surface area is 129 Å². The minimum Gasteiger partial charge on any atom is -0.313 e. The van der Waals surface area contributed by atoms with Crippen LogP contribution in [-0.4, -0.2) is 25.2 Å². The monoisotopic (exact) mass is 328 g/mol. The van der Waals surface area contributed by atoms with Crippen molar-refractivity contribution in [3.8, 4) is 0 Å². The smallest absolute Gasteiger partial charge is 0.279 e. The van der Waals surface area contributed by atoms with Gasteiger partial charge in [0.1, 0.15) is 0 Å². The summed E-state index contributed by atoms with van der Waals surface area (Å²) < 4.78 is 27.3. The summed E-state index contributed by atoms with van der Waals surface area (Å²) in [6, 6.07) is 5.12. The third kappa shape index (κ3) is 3.75. The molecular weight excluding hydrogens is 312 g/mol. The van der Waals surface area contributed by atoms with E-state index >= 15 is 0 Å². The number of hydrogen-bond acceptors (Lipinski definition) is 4. The van der Waals surface area contributed by atoms with Crippen molar-refractivity contribution >= 4 is 27.3 Å². The fourth-order valence-corrected chi connectivity index (χ4v) is 3.37. The van der Waals surface area contributed by atoms with Crippen molar-refractivity contribution in [3.05, 3.63) is 40.5 Å². The van der Waals surface area contributed by atoms with Gasteiger partial charge in [-0.25, -0.2) is 0 Å². The Morgan fingerprint density at radius 1 is 1.38 bits per heavy atom. The SMILES string of the molecule is CCNCc1cn[nH]c1S(=O)(=O)Nc1ccc(C)cc1Cl. The molecule has 0 unspecified atom stereocenters. The topological polar surface area (TPSA) is 86.9 Å². The predicted molar refractivity (Wildman–Crippen MR) is 83.0 cm³/mol. The lowest BCUT2D eigenvalue weighted by Gasteiger charge is -2.10. The van der Waals surface area contributed by atoms with E-state index in [1.54, 1.807) is 18.2 Å². The number of anilines is 1. The molecule has 1 aromatic carbocycles. The van der Waals surface area contributed by atoms with Gasteiger partial charge < -0.3 is 5.32 Å². The molecule has 0 aliphatic rings. The van der Waals surface area contributed by atoms with Gasteiger partial charge in [0.05, 0.1) is 16.9 Å². The number of nitrogens with zero attached hydrogens (tertiary/aromatic N) is 1. The van der Waals surface area contributed by atoms with Crippen molar-refractivity contribution in [2.24, 2.45) is 0 Å². The van der Waals surface area contributed by atoms with Gasteiger partial charge >= 0.3 is 0 Å². The van der Waals surface area contributed by atoms with Crippen LogP contribution in [0.2, 0.25) is 5.02 Å². The van der Waals surface area contributed by atoms with Crippen LogP contribution < -0.4 is 10.0 Å². The highest BCUT2D eigenvalue weighted by atomic mass is 35.5. The number of aromatic amines is 1. The Morgan fingerprint density at radius 3 is 2.81 bits per heavy atom. The zero-order valence-corrected chi connectivity index (χ0v) is 13.3. The minimum atomic E-state index is -3.76. The summed E-state index contributed by atoms with van der Waals surface area (Å²) in [6.07, 6.45) is 1.49. The Bertz CT molecular complexity index is 728. The Balaban J connectivity index is 2.28. The number of rotatable bonds is 6. The summed E-state index contributed by atoms with van der Waals surface area (Å²) in [7, 11) is -3.76. The van der Waals surface area contributed by atoms with Crippen LogP contribution in [0.3, 0.4) is 0 Å². The first kappa shape index (κ1) is 15.8. The third-order valence-corrected chi connectivity index (χ3v) is 4.57. The summed E-state index contributed by atoms with van der Waals surface area (Å²) in [5, 5.41) is 9.79. The molecule has 0 amide bonds. The van der Waals surface area contributed by atoms with E-state index in [2.05, 4.69) is 20.2 Å². The molecule has 0 aliphatic heterocycles. The van der Waals surface area contributed by atoms with Gasteiger partial charge in [0, 0.05) is 12.1 Å². The molecule has 0 bridgehead atoms. The van der Waals surface area contributed by atoms with Crippen LogP contribution in [-0.2, 0) is 16.6 Å². The van der Waals surface area contributed by atoms with E-state index in [4.69, 9.17) is 11.6 Å². The second-order valence-electron chi connectivity index (χ2n) is 4.59. The molecule has 0 aliphatic carbocycles. The van der Waals surface area contributed by atoms with Crippen LogP contribution in [0.4, 0.5) is 5.69 Å².